The number of carbonyl (C=O) groups excluding carboxylic acids is 1. The van der Waals surface area contributed by atoms with Crippen LogP contribution in [0.1, 0.15) is 10.4 Å². The Morgan fingerprint density at radius 1 is 1.08 bits per heavy atom. The monoisotopic (exact) mass is 369 g/mol. The molecule has 0 fully saturated rings. The molecular weight excluding hydrogens is 350 g/mol. The molecule has 0 spiro atoms. The predicted molar refractivity (Wildman–Crippen MR) is 103 cm³/mol. The molecule has 0 aliphatic heterocycles. The molecule has 0 bridgehead atoms. The Hall–Kier alpha value is -2.93. The van der Waals surface area contributed by atoms with Crippen LogP contribution in [0, 0.1) is 0 Å². The highest BCUT2D eigenvalue weighted by atomic mass is 32.2. The van der Waals surface area contributed by atoms with Crippen molar-refractivity contribution < 1.29 is 14.3 Å². The number of nitrogens with one attached hydrogen (secondary N) is 1. The van der Waals surface area contributed by atoms with Gasteiger partial charge in [0.15, 0.2) is 16.7 Å². The molecule has 1 N–H and O–H groups in total. The van der Waals surface area contributed by atoms with E-state index in [-0.39, 0.29) is 5.91 Å². The molecule has 26 heavy (non-hydrogen) atoms. The second-order valence-electron chi connectivity index (χ2n) is 5.35. The summed E-state index contributed by atoms with van der Waals surface area (Å²) in [5.41, 5.74) is 2.15. The van der Waals surface area contributed by atoms with Gasteiger partial charge in [-0.05, 0) is 42.7 Å². The van der Waals surface area contributed by atoms with Gasteiger partial charge in [-0.1, -0.05) is 11.8 Å². The summed E-state index contributed by atoms with van der Waals surface area (Å²) in [6.45, 7) is 0. The number of benzene rings is 2. The van der Waals surface area contributed by atoms with Crippen LogP contribution in [0.15, 0.2) is 60.0 Å². The molecule has 0 atom stereocenters. The number of nitrogens with zero attached hydrogens (tertiary/aromatic N) is 2. The standard InChI is InChI=1S/C19H19N3O3S/c1-24-16-9-6-14(12-17(16)25-2)21-18(23)13-4-7-15(8-5-13)22-11-10-20-19(22)26-3/h4-12H,1-3H3,(H,21,23). The molecular formula is C19H19N3O3S. The van der Waals surface area contributed by atoms with Crippen LogP contribution in [0.25, 0.3) is 5.69 Å². The number of amides is 1. The lowest BCUT2D eigenvalue weighted by molar-refractivity contribution is 0.102. The van der Waals surface area contributed by atoms with Gasteiger partial charge in [0.1, 0.15) is 0 Å². The number of hydrogen-bond donors (Lipinski definition) is 1. The van der Waals surface area contributed by atoms with Crippen molar-refractivity contribution in [3.05, 3.63) is 60.4 Å². The second-order valence-corrected chi connectivity index (χ2v) is 6.13. The third kappa shape index (κ3) is 3.67. The Bertz CT molecular complexity index is 907. The first-order chi connectivity index (χ1) is 12.7. The second kappa shape index (κ2) is 7.97. The van der Waals surface area contributed by atoms with E-state index in [4.69, 9.17) is 9.47 Å². The van der Waals surface area contributed by atoms with E-state index in [9.17, 15) is 4.79 Å². The van der Waals surface area contributed by atoms with Gasteiger partial charge in [-0.15, -0.1) is 0 Å². The number of carbonyl (C=O) groups is 1. The maximum atomic E-state index is 12.5. The fourth-order valence-electron chi connectivity index (χ4n) is 2.53. The number of imidazole rings is 1. The van der Waals surface area contributed by atoms with Crippen molar-refractivity contribution in [2.45, 2.75) is 5.16 Å². The maximum absolute atomic E-state index is 12.5. The number of anilines is 1. The molecule has 1 heterocycles. The summed E-state index contributed by atoms with van der Waals surface area (Å²) in [4.78, 5) is 16.8. The molecule has 0 saturated carbocycles. The molecule has 1 aromatic heterocycles. The average Bonchev–Trinajstić information content (AvgIpc) is 3.16. The number of rotatable bonds is 6. The lowest BCUT2D eigenvalue weighted by atomic mass is 10.2. The lowest BCUT2D eigenvalue weighted by Crippen LogP contribution is -2.12. The number of thioether (sulfide) groups is 1. The Balaban J connectivity index is 1.76. The third-order valence-corrected chi connectivity index (χ3v) is 4.51. The molecule has 7 heteroatoms. The molecule has 2 aromatic carbocycles. The molecule has 0 unspecified atom stereocenters. The Morgan fingerprint density at radius 2 is 1.81 bits per heavy atom. The predicted octanol–water partition coefficient (Wildman–Crippen LogP) is 3.86. The minimum atomic E-state index is -0.195. The molecule has 3 aromatic rings. The Morgan fingerprint density at radius 3 is 2.46 bits per heavy atom. The molecule has 0 radical (unpaired) electrons. The summed E-state index contributed by atoms with van der Waals surface area (Å²) in [5.74, 6) is 0.977. The average molecular weight is 369 g/mol. The maximum Gasteiger partial charge on any atom is 0.255 e. The zero-order valence-corrected chi connectivity index (χ0v) is 15.5. The van der Waals surface area contributed by atoms with Crippen LogP contribution in [-0.4, -0.2) is 35.9 Å². The molecule has 3 rings (SSSR count). The number of ether oxygens (including phenoxy) is 2. The van der Waals surface area contributed by atoms with E-state index in [1.807, 2.05) is 29.2 Å². The summed E-state index contributed by atoms with van der Waals surface area (Å²) in [6.07, 6.45) is 5.62. The van der Waals surface area contributed by atoms with Crippen LogP contribution in [0.4, 0.5) is 5.69 Å². The largest absolute Gasteiger partial charge is 0.493 e. The van der Waals surface area contributed by atoms with E-state index >= 15 is 0 Å². The van der Waals surface area contributed by atoms with Gasteiger partial charge >= 0.3 is 0 Å². The highest BCUT2D eigenvalue weighted by Gasteiger charge is 2.10. The van der Waals surface area contributed by atoms with Crippen LogP contribution >= 0.6 is 11.8 Å². The van der Waals surface area contributed by atoms with Crippen LogP contribution in [0.2, 0.25) is 0 Å². The van der Waals surface area contributed by atoms with Crippen molar-refractivity contribution in [3.8, 4) is 17.2 Å². The fourth-order valence-corrected chi connectivity index (χ4v) is 3.06. The van der Waals surface area contributed by atoms with Gasteiger partial charge < -0.3 is 14.8 Å². The van der Waals surface area contributed by atoms with Gasteiger partial charge in [0.2, 0.25) is 0 Å². The fraction of sp³-hybridized carbons (Fsp3) is 0.158. The van der Waals surface area contributed by atoms with Crippen LogP contribution in [0.5, 0.6) is 11.5 Å². The van der Waals surface area contributed by atoms with Gasteiger partial charge in [-0.25, -0.2) is 4.98 Å². The molecule has 0 aliphatic carbocycles. The Labute approximate surface area is 156 Å². The van der Waals surface area contributed by atoms with Gasteiger partial charge in [-0.3, -0.25) is 9.36 Å². The van der Waals surface area contributed by atoms with Gasteiger partial charge in [-0.2, -0.15) is 0 Å². The normalized spacial score (nSPS) is 10.4. The minimum absolute atomic E-state index is 0.195. The number of hydrogen-bond acceptors (Lipinski definition) is 5. The van der Waals surface area contributed by atoms with E-state index in [0.29, 0.717) is 22.7 Å². The number of aromatic nitrogens is 2. The summed E-state index contributed by atoms with van der Waals surface area (Å²) in [7, 11) is 3.13. The van der Waals surface area contributed by atoms with E-state index in [2.05, 4.69) is 10.3 Å². The molecule has 0 aliphatic rings. The zero-order valence-electron chi connectivity index (χ0n) is 14.7. The summed E-state index contributed by atoms with van der Waals surface area (Å²) in [5, 5.41) is 3.76. The molecule has 0 saturated heterocycles. The van der Waals surface area contributed by atoms with E-state index in [1.165, 1.54) is 0 Å². The van der Waals surface area contributed by atoms with Gasteiger partial charge in [0.25, 0.3) is 5.91 Å². The quantitative estimate of drug-likeness (QED) is 0.668. The first-order valence-corrected chi connectivity index (χ1v) is 9.10. The van der Waals surface area contributed by atoms with E-state index < -0.39 is 0 Å². The smallest absolute Gasteiger partial charge is 0.255 e. The van der Waals surface area contributed by atoms with Crippen LogP contribution in [-0.2, 0) is 0 Å². The van der Waals surface area contributed by atoms with E-state index in [1.54, 1.807) is 62.5 Å². The molecule has 6 nitrogen and oxygen atoms in total. The van der Waals surface area contributed by atoms with E-state index in [0.717, 1.165) is 10.8 Å². The summed E-state index contributed by atoms with van der Waals surface area (Å²) < 4.78 is 12.4. The zero-order chi connectivity index (χ0) is 18.5. The van der Waals surface area contributed by atoms with Gasteiger partial charge in [0.05, 0.1) is 14.2 Å². The van der Waals surface area contributed by atoms with Crippen LogP contribution in [0.3, 0.4) is 0 Å². The van der Waals surface area contributed by atoms with Gasteiger partial charge in [0, 0.05) is 35.4 Å². The SMILES string of the molecule is COc1ccc(NC(=O)c2ccc(-n3ccnc3SC)cc2)cc1OC. The summed E-state index contributed by atoms with van der Waals surface area (Å²) >= 11 is 1.57. The highest BCUT2D eigenvalue weighted by Crippen LogP contribution is 2.30. The Kier molecular flexibility index (Phi) is 5.48. The van der Waals surface area contributed by atoms with Crippen molar-refractivity contribution in [1.29, 1.82) is 0 Å². The first kappa shape index (κ1) is 17.9. The van der Waals surface area contributed by atoms with Crippen molar-refractivity contribution >= 4 is 23.4 Å². The number of methoxy groups -OCH3 is 2. The van der Waals surface area contributed by atoms with Crippen molar-refractivity contribution in [2.24, 2.45) is 0 Å². The minimum Gasteiger partial charge on any atom is -0.493 e. The first-order valence-electron chi connectivity index (χ1n) is 7.87. The van der Waals surface area contributed by atoms with Crippen LogP contribution < -0.4 is 14.8 Å². The molecule has 134 valence electrons. The van der Waals surface area contributed by atoms with Crippen molar-refractivity contribution in [3.63, 3.8) is 0 Å². The van der Waals surface area contributed by atoms with Crippen molar-refractivity contribution in [2.75, 3.05) is 25.8 Å². The summed E-state index contributed by atoms with van der Waals surface area (Å²) in [6, 6.07) is 12.6. The third-order valence-electron chi connectivity index (χ3n) is 3.84. The topological polar surface area (TPSA) is 65.4 Å². The lowest BCUT2D eigenvalue weighted by Gasteiger charge is -2.11. The van der Waals surface area contributed by atoms with Crippen molar-refractivity contribution in [1.82, 2.24) is 9.55 Å². The highest BCUT2D eigenvalue weighted by molar-refractivity contribution is 7.98. The molecule has 1 amide bonds.